The first-order chi connectivity index (χ1) is 10.1. The van der Waals surface area contributed by atoms with Gasteiger partial charge in [-0.2, -0.15) is 5.26 Å². The summed E-state index contributed by atoms with van der Waals surface area (Å²) in [7, 11) is 0. The van der Waals surface area contributed by atoms with Gasteiger partial charge in [-0.3, -0.25) is 0 Å². The first-order valence-corrected chi connectivity index (χ1v) is 8.26. The summed E-state index contributed by atoms with van der Waals surface area (Å²) in [4.78, 5) is 1.72. The highest BCUT2D eigenvalue weighted by atomic mass is 79.9. The molecule has 1 aromatic heterocycles. The largest absolute Gasteiger partial charge is 0.397 e. The van der Waals surface area contributed by atoms with E-state index in [9.17, 15) is 5.26 Å². The molecule has 0 saturated heterocycles. The predicted molar refractivity (Wildman–Crippen MR) is 93.5 cm³/mol. The quantitative estimate of drug-likeness (QED) is 0.672. The molecular weight excluding hydrogens is 344 g/mol. The lowest BCUT2D eigenvalue weighted by Gasteiger charge is -2.05. The van der Waals surface area contributed by atoms with Gasteiger partial charge in [-0.05, 0) is 46.5 Å². The third-order valence-electron chi connectivity index (χ3n) is 3.57. The van der Waals surface area contributed by atoms with E-state index < -0.39 is 0 Å². The number of fused-ring (bicyclic) bond motifs is 1. The van der Waals surface area contributed by atoms with E-state index in [1.165, 1.54) is 22.1 Å². The van der Waals surface area contributed by atoms with Gasteiger partial charge in [0.15, 0.2) is 0 Å². The van der Waals surface area contributed by atoms with Crippen molar-refractivity contribution in [1.29, 1.82) is 5.26 Å². The summed E-state index contributed by atoms with van der Waals surface area (Å²) in [5.74, 6) is 0. The minimum atomic E-state index is 0.609. The molecule has 2 aromatic carbocycles. The molecule has 0 unspecified atom stereocenters. The molecule has 0 aliphatic rings. The summed E-state index contributed by atoms with van der Waals surface area (Å²) in [6, 6.07) is 14.8. The van der Waals surface area contributed by atoms with Crippen molar-refractivity contribution in [2.45, 2.75) is 13.3 Å². The molecule has 3 aromatic rings. The predicted octanol–water partition coefficient (Wildman–Crippen LogP) is 5.35. The van der Waals surface area contributed by atoms with Gasteiger partial charge >= 0.3 is 0 Å². The smallest absolute Gasteiger partial charge is 0.128 e. The van der Waals surface area contributed by atoms with Crippen molar-refractivity contribution in [1.82, 2.24) is 0 Å². The van der Waals surface area contributed by atoms with E-state index >= 15 is 0 Å². The fraction of sp³-hybridized carbons (Fsp3) is 0.118. The average molecular weight is 357 g/mol. The Hall–Kier alpha value is -1.83. The lowest BCUT2D eigenvalue weighted by molar-refractivity contribution is 1.16. The molecule has 0 aliphatic heterocycles. The topological polar surface area (TPSA) is 49.8 Å². The molecule has 104 valence electrons. The van der Waals surface area contributed by atoms with Crippen LogP contribution in [-0.2, 0) is 6.42 Å². The monoisotopic (exact) mass is 356 g/mol. The van der Waals surface area contributed by atoms with E-state index in [0.29, 0.717) is 10.6 Å². The van der Waals surface area contributed by atoms with Crippen LogP contribution < -0.4 is 5.73 Å². The molecule has 0 spiro atoms. The highest BCUT2D eigenvalue weighted by Gasteiger charge is 2.15. The van der Waals surface area contributed by atoms with Crippen molar-refractivity contribution >= 4 is 43.7 Å². The summed E-state index contributed by atoms with van der Waals surface area (Å²) in [5.41, 5.74) is 8.91. The van der Waals surface area contributed by atoms with Crippen molar-refractivity contribution in [3.05, 3.63) is 51.3 Å². The molecule has 4 heteroatoms. The number of hydrogen-bond acceptors (Lipinski definition) is 3. The molecule has 0 radical (unpaired) electrons. The summed E-state index contributed by atoms with van der Waals surface area (Å²) in [6.45, 7) is 2.07. The molecule has 0 atom stereocenters. The highest BCUT2D eigenvalue weighted by Crippen LogP contribution is 2.39. The number of halogens is 1. The molecule has 0 aliphatic carbocycles. The third-order valence-corrected chi connectivity index (χ3v) is 5.26. The van der Waals surface area contributed by atoms with E-state index in [4.69, 9.17) is 5.73 Å². The number of hydrogen-bond donors (Lipinski definition) is 1. The van der Waals surface area contributed by atoms with Crippen LogP contribution in [0.4, 0.5) is 5.69 Å². The van der Waals surface area contributed by atoms with Crippen LogP contribution in [0.2, 0.25) is 0 Å². The molecule has 21 heavy (non-hydrogen) atoms. The van der Waals surface area contributed by atoms with Crippen LogP contribution in [-0.4, -0.2) is 0 Å². The number of nitrogens with zero attached hydrogens (tertiary/aromatic N) is 1. The normalized spacial score (nSPS) is 10.7. The van der Waals surface area contributed by atoms with Gasteiger partial charge in [0.25, 0.3) is 0 Å². The number of thiophene rings is 1. The van der Waals surface area contributed by atoms with Crippen molar-refractivity contribution in [3.63, 3.8) is 0 Å². The van der Waals surface area contributed by atoms with E-state index in [1.54, 1.807) is 0 Å². The van der Waals surface area contributed by atoms with Crippen LogP contribution >= 0.6 is 27.3 Å². The van der Waals surface area contributed by atoms with E-state index in [1.807, 2.05) is 6.07 Å². The first-order valence-electron chi connectivity index (χ1n) is 6.65. The first kappa shape index (κ1) is 14.1. The number of nitrogens with two attached hydrogens (primary N) is 1. The molecular formula is C17H13BrN2S. The molecule has 0 bridgehead atoms. The Balaban J connectivity index is 2.21. The minimum Gasteiger partial charge on any atom is -0.397 e. The number of rotatable bonds is 2. The Bertz CT molecular complexity index is 874. The van der Waals surface area contributed by atoms with Crippen molar-refractivity contribution in [2.24, 2.45) is 0 Å². The van der Waals surface area contributed by atoms with Gasteiger partial charge in [0.1, 0.15) is 10.9 Å². The van der Waals surface area contributed by atoms with Crippen LogP contribution in [0.5, 0.6) is 0 Å². The molecule has 0 fully saturated rings. The molecule has 0 amide bonds. The molecule has 1 heterocycles. The second-order valence-electron chi connectivity index (χ2n) is 4.82. The lowest BCUT2D eigenvalue weighted by Crippen LogP contribution is -1.91. The third kappa shape index (κ3) is 2.44. The van der Waals surface area contributed by atoms with Gasteiger partial charge in [-0.25, -0.2) is 0 Å². The van der Waals surface area contributed by atoms with E-state index in [2.05, 4.69) is 59.3 Å². The van der Waals surface area contributed by atoms with Crippen LogP contribution in [0, 0.1) is 11.3 Å². The Morgan fingerprint density at radius 3 is 2.62 bits per heavy atom. The van der Waals surface area contributed by atoms with Gasteiger partial charge in [0.05, 0.1) is 5.69 Å². The van der Waals surface area contributed by atoms with Crippen LogP contribution in [0.15, 0.2) is 40.9 Å². The van der Waals surface area contributed by atoms with Gasteiger partial charge in [0, 0.05) is 9.35 Å². The number of nitrogen functional groups attached to an aromatic ring is 1. The van der Waals surface area contributed by atoms with Gasteiger partial charge in [-0.15, -0.1) is 11.3 Å². The summed E-state index contributed by atoms with van der Waals surface area (Å²) in [5, 5.41) is 11.6. The zero-order valence-electron chi connectivity index (χ0n) is 11.5. The lowest BCUT2D eigenvalue weighted by atomic mass is 10.0. The minimum absolute atomic E-state index is 0.609. The van der Waals surface area contributed by atoms with Crippen LogP contribution in [0.25, 0.3) is 21.2 Å². The maximum Gasteiger partial charge on any atom is 0.128 e. The summed E-state index contributed by atoms with van der Waals surface area (Å²) in [6.07, 6.45) is 0.831. The Labute approximate surface area is 136 Å². The maximum atomic E-state index is 9.18. The standard InChI is InChI=1S/C17H13BrN2S/c1-2-14-16(20)15(9-19)21-17(14)12-4-3-11-8-13(18)6-5-10(11)7-12/h3-8H,2,20H2,1H3. The molecule has 2 nitrogen and oxygen atoms in total. The van der Waals surface area contributed by atoms with Crippen LogP contribution in [0.1, 0.15) is 17.4 Å². The second kappa shape index (κ2) is 5.51. The van der Waals surface area contributed by atoms with Crippen LogP contribution in [0.3, 0.4) is 0 Å². The zero-order valence-corrected chi connectivity index (χ0v) is 13.9. The fourth-order valence-corrected chi connectivity index (χ4v) is 3.99. The zero-order chi connectivity index (χ0) is 15.0. The summed E-state index contributed by atoms with van der Waals surface area (Å²) < 4.78 is 1.07. The van der Waals surface area contributed by atoms with Gasteiger partial charge in [-0.1, -0.05) is 41.1 Å². The molecule has 2 N–H and O–H groups in total. The van der Waals surface area contributed by atoms with Gasteiger partial charge in [0.2, 0.25) is 0 Å². The van der Waals surface area contributed by atoms with Crippen molar-refractivity contribution < 1.29 is 0 Å². The van der Waals surface area contributed by atoms with E-state index in [0.717, 1.165) is 26.9 Å². The SMILES string of the molecule is CCc1c(-c2ccc3cc(Br)ccc3c2)sc(C#N)c1N. The maximum absolute atomic E-state index is 9.18. The Kier molecular flexibility index (Phi) is 3.71. The number of benzene rings is 2. The Morgan fingerprint density at radius 1 is 1.19 bits per heavy atom. The Morgan fingerprint density at radius 2 is 1.90 bits per heavy atom. The second-order valence-corrected chi connectivity index (χ2v) is 6.76. The van der Waals surface area contributed by atoms with Crippen molar-refractivity contribution in [3.8, 4) is 16.5 Å². The van der Waals surface area contributed by atoms with Crippen molar-refractivity contribution in [2.75, 3.05) is 5.73 Å². The number of nitriles is 1. The molecule has 3 rings (SSSR count). The number of anilines is 1. The van der Waals surface area contributed by atoms with E-state index in [-0.39, 0.29) is 0 Å². The molecule has 0 saturated carbocycles. The van der Waals surface area contributed by atoms with Gasteiger partial charge < -0.3 is 5.73 Å². The fourth-order valence-electron chi connectivity index (χ4n) is 2.50. The highest BCUT2D eigenvalue weighted by molar-refractivity contribution is 9.10. The average Bonchev–Trinajstić information content (AvgIpc) is 2.82. The summed E-state index contributed by atoms with van der Waals surface area (Å²) >= 11 is 4.97.